The van der Waals surface area contributed by atoms with Gasteiger partial charge >= 0.3 is 0 Å². The Morgan fingerprint density at radius 3 is 2.91 bits per heavy atom. The van der Waals surface area contributed by atoms with E-state index in [1.165, 1.54) is 17.4 Å². The molecule has 2 aromatic rings. The second-order valence-corrected chi connectivity index (χ2v) is 5.41. The number of aryl methyl sites for hydroxylation is 1. The Balaban J connectivity index is 2.20. The van der Waals surface area contributed by atoms with E-state index >= 15 is 0 Å². The van der Waals surface area contributed by atoms with Crippen LogP contribution in [0.2, 0.25) is 0 Å². The number of aromatic nitrogens is 1. The predicted octanol–water partition coefficient (Wildman–Crippen LogP) is 3.40. The number of carbonyl (C=O) groups is 1. The number of amides is 1. The van der Waals surface area contributed by atoms with E-state index in [1.54, 1.807) is 23.6 Å². The van der Waals surface area contributed by atoms with Gasteiger partial charge in [-0.05, 0) is 32.1 Å². The van der Waals surface area contributed by atoms with Gasteiger partial charge in [-0.2, -0.15) is 5.26 Å². The number of thiazole rings is 1. The molecule has 6 heteroatoms. The van der Waals surface area contributed by atoms with E-state index in [1.807, 2.05) is 26.0 Å². The van der Waals surface area contributed by atoms with Gasteiger partial charge in [-0.1, -0.05) is 12.1 Å². The summed E-state index contributed by atoms with van der Waals surface area (Å²) in [5.74, 6) is 0.0837. The van der Waals surface area contributed by atoms with E-state index in [4.69, 9.17) is 4.74 Å². The smallest absolute Gasteiger partial charge is 0.266 e. The molecule has 22 heavy (non-hydrogen) atoms. The second-order valence-electron chi connectivity index (χ2n) is 4.34. The summed E-state index contributed by atoms with van der Waals surface area (Å²) in [6.07, 6.45) is 1.47. The van der Waals surface area contributed by atoms with Crippen molar-refractivity contribution in [2.24, 2.45) is 0 Å². The van der Waals surface area contributed by atoms with Crippen LogP contribution in [-0.2, 0) is 4.79 Å². The van der Waals surface area contributed by atoms with Crippen LogP contribution >= 0.6 is 11.3 Å². The maximum absolute atomic E-state index is 12.2. The van der Waals surface area contributed by atoms with Crippen molar-refractivity contribution < 1.29 is 9.53 Å². The highest BCUT2D eigenvalue weighted by atomic mass is 32.1. The van der Waals surface area contributed by atoms with Gasteiger partial charge in [0.1, 0.15) is 17.4 Å². The van der Waals surface area contributed by atoms with Crippen LogP contribution in [0.25, 0.3) is 6.08 Å². The van der Waals surface area contributed by atoms with Crippen LogP contribution < -0.4 is 10.1 Å². The molecule has 0 saturated heterocycles. The first-order valence-electron chi connectivity index (χ1n) is 6.71. The molecule has 0 fully saturated rings. The third-order valence-electron chi connectivity index (χ3n) is 2.73. The molecule has 0 bridgehead atoms. The number of rotatable bonds is 5. The van der Waals surface area contributed by atoms with Gasteiger partial charge in [-0.25, -0.2) is 4.98 Å². The lowest BCUT2D eigenvalue weighted by Gasteiger charge is -2.10. The normalized spacial score (nSPS) is 10.9. The molecule has 0 aliphatic heterocycles. The van der Waals surface area contributed by atoms with Crippen LogP contribution in [0.3, 0.4) is 0 Å². The van der Waals surface area contributed by atoms with Crippen molar-refractivity contribution in [1.29, 1.82) is 5.26 Å². The Morgan fingerprint density at radius 1 is 1.50 bits per heavy atom. The third-order valence-corrected chi connectivity index (χ3v) is 3.52. The zero-order valence-electron chi connectivity index (χ0n) is 12.3. The van der Waals surface area contributed by atoms with Crippen molar-refractivity contribution in [3.05, 3.63) is 45.9 Å². The van der Waals surface area contributed by atoms with Gasteiger partial charge in [0.25, 0.3) is 5.91 Å². The van der Waals surface area contributed by atoms with E-state index in [-0.39, 0.29) is 5.57 Å². The summed E-state index contributed by atoms with van der Waals surface area (Å²) in [6.45, 7) is 4.22. The van der Waals surface area contributed by atoms with E-state index in [0.29, 0.717) is 23.7 Å². The molecule has 1 N–H and O–H groups in total. The monoisotopic (exact) mass is 313 g/mol. The van der Waals surface area contributed by atoms with Gasteiger partial charge in [0.2, 0.25) is 0 Å². The zero-order chi connectivity index (χ0) is 15.9. The van der Waals surface area contributed by atoms with Gasteiger partial charge in [0, 0.05) is 5.38 Å². The van der Waals surface area contributed by atoms with Crippen molar-refractivity contribution in [2.45, 2.75) is 13.8 Å². The Kier molecular flexibility index (Phi) is 5.28. The second kappa shape index (κ2) is 7.38. The van der Waals surface area contributed by atoms with E-state index in [0.717, 1.165) is 5.01 Å². The molecule has 1 amide bonds. The maximum Gasteiger partial charge on any atom is 0.266 e. The lowest BCUT2D eigenvalue weighted by Crippen LogP contribution is -2.14. The topological polar surface area (TPSA) is 75.0 Å². The lowest BCUT2D eigenvalue weighted by molar-refractivity contribution is -0.112. The predicted molar refractivity (Wildman–Crippen MR) is 86.7 cm³/mol. The van der Waals surface area contributed by atoms with E-state index in [2.05, 4.69) is 10.3 Å². The summed E-state index contributed by atoms with van der Waals surface area (Å²) in [6, 6.07) is 9.00. The van der Waals surface area contributed by atoms with Crippen molar-refractivity contribution in [3.8, 4) is 11.8 Å². The fourth-order valence-corrected chi connectivity index (χ4v) is 2.35. The van der Waals surface area contributed by atoms with Crippen LogP contribution in [0.1, 0.15) is 17.6 Å². The third kappa shape index (κ3) is 3.93. The molecule has 0 aliphatic rings. The number of nitriles is 1. The average Bonchev–Trinajstić information content (AvgIpc) is 2.92. The SMILES string of the molecule is CCOc1ccccc1NC(=O)/C(C#N)=C/c1csc(C)n1. The first kappa shape index (κ1) is 15.7. The summed E-state index contributed by atoms with van der Waals surface area (Å²) < 4.78 is 5.45. The molecule has 1 heterocycles. The van der Waals surface area contributed by atoms with Crippen LogP contribution in [0.15, 0.2) is 35.2 Å². The fraction of sp³-hybridized carbons (Fsp3) is 0.188. The summed E-state index contributed by atoms with van der Waals surface area (Å²) in [7, 11) is 0. The van der Waals surface area contributed by atoms with Gasteiger partial charge in [0.15, 0.2) is 0 Å². The summed E-state index contributed by atoms with van der Waals surface area (Å²) in [5.41, 5.74) is 1.13. The number of nitrogens with zero attached hydrogens (tertiary/aromatic N) is 2. The quantitative estimate of drug-likeness (QED) is 0.678. The number of nitrogens with one attached hydrogen (secondary N) is 1. The average molecular weight is 313 g/mol. The molecule has 0 radical (unpaired) electrons. The van der Waals surface area contributed by atoms with Crippen molar-refractivity contribution >= 4 is 29.0 Å². The first-order chi connectivity index (χ1) is 10.6. The molecule has 0 atom stereocenters. The lowest BCUT2D eigenvalue weighted by atomic mass is 10.2. The Morgan fingerprint density at radius 2 is 2.27 bits per heavy atom. The highest BCUT2D eigenvalue weighted by Gasteiger charge is 2.12. The minimum absolute atomic E-state index is 0.00315. The molecule has 2 rings (SSSR count). The molecule has 5 nitrogen and oxygen atoms in total. The minimum Gasteiger partial charge on any atom is -0.492 e. The molecule has 1 aromatic heterocycles. The van der Waals surface area contributed by atoms with Crippen LogP contribution in [0.5, 0.6) is 5.75 Å². The molecule has 0 aliphatic carbocycles. The van der Waals surface area contributed by atoms with Gasteiger partial charge in [-0.15, -0.1) is 11.3 Å². The number of anilines is 1. The molecule has 1 aromatic carbocycles. The first-order valence-corrected chi connectivity index (χ1v) is 7.59. The summed E-state index contributed by atoms with van der Waals surface area (Å²) in [5, 5.41) is 14.6. The number of benzene rings is 1. The van der Waals surface area contributed by atoms with Crippen LogP contribution in [0, 0.1) is 18.3 Å². The summed E-state index contributed by atoms with van der Waals surface area (Å²) in [4.78, 5) is 16.5. The summed E-state index contributed by atoms with van der Waals surface area (Å²) >= 11 is 1.46. The van der Waals surface area contributed by atoms with Gasteiger partial charge < -0.3 is 10.1 Å². The minimum atomic E-state index is -0.486. The number of para-hydroxylation sites is 2. The van der Waals surface area contributed by atoms with E-state index < -0.39 is 5.91 Å². The number of ether oxygens (including phenoxy) is 1. The molecule has 112 valence electrons. The van der Waals surface area contributed by atoms with Crippen molar-refractivity contribution in [3.63, 3.8) is 0 Å². The Hall–Kier alpha value is -2.65. The number of carbonyl (C=O) groups excluding carboxylic acids is 1. The molecular formula is C16H15N3O2S. The van der Waals surface area contributed by atoms with Gasteiger partial charge in [0.05, 0.1) is 23.0 Å². The molecule has 0 unspecified atom stereocenters. The standard InChI is InChI=1S/C16H15N3O2S/c1-3-21-15-7-5-4-6-14(15)19-16(20)12(9-17)8-13-10-22-11(2)18-13/h4-8,10H,3H2,1-2H3,(H,19,20)/b12-8+. The van der Waals surface area contributed by atoms with E-state index in [9.17, 15) is 10.1 Å². The molecular weight excluding hydrogens is 298 g/mol. The van der Waals surface area contributed by atoms with Crippen LogP contribution in [-0.4, -0.2) is 17.5 Å². The zero-order valence-corrected chi connectivity index (χ0v) is 13.1. The van der Waals surface area contributed by atoms with Gasteiger partial charge in [-0.3, -0.25) is 4.79 Å². The fourth-order valence-electron chi connectivity index (χ4n) is 1.78. The largest absolute Gasteiger partial charge is 0.492 e. The number of hydrogen-bond donors (Lipinski definition) is 1. The highest BCUT2D eigenvalue weighted by Crippen LogP contribution is 2.24. The van der Waals surface area contributed by atoms with Crippen molar-refractivity contribution in [1.82, 2.24) is 4.98 Å². The number of hydrogen-bond acceptors (Lipinski definition) is 5. The highest BCUT2D eigenvalue weighted by molar-refractivity contribution is 7.09. The Bertz CT molecular complexity index is 744. The Labute approximate surface area is 132 Å². The molecule has 0 saturated carbocycles. The van der Waals surface area contributed by atoms with Crippen LogP contribution in [0.4, 0.5) is 5.69 Å². The molecule has 0 spiro atoms. The maximum atomic E-state index is 12.2. The van der Waals surface area contributed by atoms with Crippen molar-refractivity contribution in [2.75, 3.05) is 11.9 Å².